The monoisotopic (exact) mass is 673 g/mol. The Morgan fingerprint density at radius 1 is 0.896 bits per heavy atom. The maximum Gasteiger partial charge on any atom is 0.296 e. The molecular weight excluding hydrogens is 646 g/mol. The predicted octanol–water partition coefficient (Wildman–Crippen LogP) is 7.46. The second-order valence-corrected chi connectivity index (χ2v) is 12.8. The van der Waals surface area contributed by atoms with Crippen molar-refractivity contribution in [2.45, 2.75) is 13.5 Å². The van der Waals surface area contributed by atoms with Gasteiger partial charge in [-0.05, 0) is 67.1 Å². The van der Waals surface area contributed by atoms with Gasteiger partial charge in [-0.15, -0.1) is 0 Å². The molecule has 8 nitrogen and oxygen atoms in total. The molecule has 0 aliphatic carbocycles. The van der Waals surface area contributed by atoms with Crippen LogP contribution in [-0.2, 0) is 18.4 Å². The van der Waals surface area contributed by atoms with Gasteiger partial charge in [0.1, 0.15) is 29.6 Å². The molecule has 3 heterocycles. The minimum atomic E-state index is -0.384. The number of thiocarbonyl (C=S) groups is 1. The third kappa shape index (κ3) is 5.89. The van der Waals surface area contributed by atoms with E-state index >= 15 is 0 Å². The molecule has 1 amide bonds. The maximum absolute atomic E-state index is 14.0. The van der Waals surface area contributed by atoms with Crippen molar-refractivity contribution in [1.29, 1.82) is 0 Å². The Balaban J connectivity index is 1.25. The van der Waals surface area contributed by atoms with Crippen LogP contribution in [0.4, 0.5) is 10.1 Å². The molecule has 4 aromatic carbocycles. The molecule has 0 N–H and O–H groups in total. The highest BCUT2D eigenvalue weighted by molar-refractivity contribution is 8.27. The molecule has 1 saturated heterocycles. The van der Waals surface area contributed by atoms with Crippen molar-refractivity contribution in [2.24, 2.45) is 7.05 Å². The second-order valence-electron chi connectivity index (χ2n) is 11.1. The average molecular weight is 674 g/mol. The normalized spacial score (nSPS) is 13.9. The van der Waals surface area contributed by atoms with E-state index in [0.29, 0.717) is 33.3 Å². The molecule has 0 unspecified atom stereocenters. The van der Waals surface area contributed by atoms with Gasteiger partial charge in [0.15, 0.2) is 4.32 Å². The first-order chi connectivity index (χ1) is 23.3. The van der Waals surface area contributed by atoms with Gasteiger partial charge in [-0.2, -0.15) is 5.10 Å². The minimum absolute atomic E-state index is 0.221. The lowest BCUT2D eigenvalue weighted by atomic mass is 10.1. The lowest BCUT2D eigenvalue weighted by Gasteiger charge is -2.12. The summed E-state index contributed by atoms with van der Waals surface area (Å²) in [5.74, 6) is -0.0780. The highest BCUT2D eigenvalue weighted by Crippen LogP contribution is 2.38. The lowest BCUT2D eigenvalue weighted by Crippen LogP contribution is -2.33. The molecule has 1 aliphatic heterocycles. The first-order valence-corrected chi connectivity index (χ1v) is 16.3. The van der Waals surface area contributed by atoms with Crippen LogP contribution in [0.2, 0.25) is 0 Å². The van der Waals surface area contributed by atoms with Crippen LogP contribution in [0.3, 0.4) is 0 Å². The van der Waals surface area contributed by atoms with Crippen LogP contribution < -0.4 is 15.2 Å². The largest absolute Gasteiger partial charge is 0.489 e. The summed E-state index contributed by atoms with van der Waals surface area (Å²) in [7, 11) is 1.78. The van der Waals surface area contributed by atoms with Crippen molar-refractivity contribution in [3.63, 3.8) is 0 Å². The van der Waals surface area contributed by atoms with Gasteiger partial charge in [-0.1, -0.05) is 84.6 Å². The van der Waals surface area contributed by atoms with Crippen LogP contribution in [0, 0.1) is 12.7 Å². The molecule has 0 atom stereocenters. The second kappa shape index (κ2) is 12.9. The number of aromatic nitrogens is 4. The van der Waals surface area contributed by atoms with Gasteiger partial charge in [-0.25, -0.2) is 13.8 Å². The molecule has 2 aromatic heterocycles. The summed E-state index contributed by atoms with van der Waals surface area (Å²) in [6, 6.07) is 32.6. The van der Waals surface area contributed by atoms with E-state index in [1.54, 1.807) is 41.5 Å². The molecular formula is C37H28FN5O3S2. The molecule has 0 bridgehead atoms. The fraction of sp³-hybridized carbons (Fsp3) is 0.0811. The quantitative estimate of drug-likeness (QED) is 0.123. The van der Waals surface area contributed by atoms with Crippen molar-refractivity contribution < 1.29 is 13.9 Å². The first kappa shape index (κ1) is 31.1. The van der Waals surface area contributed by atoms with E-state index in [1.807, 2.05) is 91.1 Å². The third-order valence-corrected chi connectivity index (χ3v) is 9.32. The van der Waals surface area contributed by atoms with Crippen LogP contribution in [-0.4, -0.2) is 29.4 Å². The minimum Gasteiger partial charge on any atom is -0.489 e. The van der Waals surface area contributed by atoms with E-state index < -0.39 is 0 Å². The summed E-state index contributed by atoms with van der Waals surface area (Å²) < 4.78 is 24.7. The molecule has 48 heavy (non-hydrogen) atoms. The first-order valence-electron chi connectivity index (χ1n) is 15.0. The van der Waals surface area contributed by atoms with Gasteiger partial charge in [0.25, 0.3) is 11.5 Å². The van der Waals surface area contributed by atoms with Crippen LogP contribution in [0.25, 0.3) is 28.7 Å². The number of carbonyl (C=O) groups is 1. The number of carbonyl (C=O) groups excluding carboxylic acids is 1. The van der Waals surface area contributed by atoms with Crippen LogP contribution in [0.15, 0.2) is 125 Å². The van der Waals surface area contributed by atoms with Crippen molar-refractivity contribution in [3.05, 3.63) is 153 Å². The highest BCUT2D eigenvalue weighted by Gasteiger charge is 2.38. The number of thioether (sulfide) groups is 1. The Kier molecular flexibility index (Phi) is 8.38. The Hall–Kier alpha value is -5.52. The van der Waals surface area contributed by atoms with E-state index in [9.17, 15) is 14.0 Å². The molecule has 238 valence electrons. The summed E-state index contributed by atoms with van der Waals surface area (Å²) in [5.41, 5.74) is 4.93. The van der Waals surface area contributed by atoms with Gasteiger partial charge in [0.2, 0.25) is 0 Å². The number of hydrogen-bond donors (Lipinski definition) is 0. The zero-order chi connectivity index (χ0) is 33.4. The number of para-hydroxylation sites is 2. The number of ether oxygens (including phenoxy) is 1. The Labute approximate surface area is 285 Å². The zero-order valence-corrected chi connectivity index (χ0v) is 27.5. The van der Waals surface area contributed by atoms with Crippen molar-refractivity contribution in [1.82, 2.24) is 19.1 Å². The van der Waals surface area contributed by atoms with E-state index in [4.69, 9.17) is 22.1 Å². The molecule has 0 radical (unpaired) electrons. The SMILES string of the molecule is Cc1c(N2C(=O)C(=Cc3cn(-c4ccccc4)nc3-c3cccc(OCc4ccc(F)cc4)c3)SC2=S)c(=O)n(-c2ccccc2)n1C. The van der Waals surface area contributed by atoms with Gasteiger partial charge >= 0.3 is 0 Å². The lowest BCUT2D eigenvalue weighted by molar-refractivity contribution is -0.113. The summed E-state index contributed by atoms with van der Waals surface area (Å²) in [6.45, 7) is 2.06. The number of rotatable bonds is 8. The van der Waals surface area contributed by atoms with Gasteiger partial charge < -0.3 is 4.74 Å². The van der Waals surface area contributed by atoms with Gasteiger partial charge in [0.05, 0.1) is 22.0 Å². The zero-order valence-electron chi connectivity index (χ0n) is 25.9. The Morgan fingerprint density at radius 2 is 1.58 bits per heavy atom. The molecule has 11 heteroatoms. The number of benzene rings is 4. The molecule has 6 aromatic rings. The smallest absolute Gasteiger partial charge is 0.296 e. The standard InChI is InChI=1S/C37H28FN5O3S2/c1-24-34(36(45)43(40(24)2)30-13-7-4-8-14-30)42-35(44)32(48-37(42)47)21-27-22-41(29-11-5-3-6-12-29)39-33(27)26-10-9-15-31(20-26)46-23-25-16-18-28(38)19-17-25/h3-22H,23H2,1-2H3. The predicted molar refractivity (Wildman–Crippen MR) is 191 cm³/mol. The molecule has 0 spiro atoms. The third-order valence-electron chi connectivity index (χ3n) is 8.02. The topological polar surface area (TPSA) is 74.3 Å². The molecule has 0 saturated carbocycles. The van der Waals surface area contributed by atoms with E-state index in [2.05, 4.69) is 0 Å². The number of anilines is 1. The van der Waals surface area contributed by atoms with E-state index in [1.165, 1.54) is 21.7 Å². The van der Waals surface area contributed by atoms with Gasteiger partial charge in [-0.3, -0.25) is 19.2 Å². The van der Waals surface area contributed by atoms with Crippen molar-refractivity contribution in [2.75, 3.05) is 4.90 Å². The summed E-state index contributed by atoms with van der Waals surface area (Å²) in [6.07, 6.45) is 3.63. The number of hydrogen-bond acceptors (Lipinski definition) is 6. The number of amides is 1. The van der Waals surface area contributed by atoms with Crippen LogP contribution >= 0.6 is 24.0 Å². The Bertz CT molecular complexity index is 2260. The summed E-state index contributed by atoms with van der Waals surface area (Å²) in [4.78, 5) is 29.5. The maximum atomic E-state index is 14.0. The fourth-order valence-electron chi connectivity index (χ4n) is 5.52. The van der Waals surface area contributed by atoms with Crippen LogP contribution in [0.1, 0.15) is 16.8 Å². The van der Waals surface area contributed by atoms with Crippen molar-refractivity contribution >= 4 is 46.0 Å². The molecule has 1 fully saturated rings. The number of halogens is 1. The number of nitrogens with zero attached hydrogens (tertiary/aromatic N) is 5. The van der Waals surface area contributed by atoms with E-state index in [0.717, 1.165) is 28.6 Å². The van der Waals surface area contributed by atoms with Gasteiger partial charge in [0, 0.05) is 24.4 Å². The summed E-state index contributed by atoms with van der Waals surface area (Å²) >= 11 is 6.84. The average Bonchev–Trinajstić information content (AvgIpc) is 3.72. The highest BCUT2D eigenvalue weighted by atomic mass is 32.2. The van der Waals surface area contributed by atoms with Crippen molar-refractivity contribution in [3.8, 4) is 28.4 Å². The molecule has 1 aliphatic rings. The fourth-order valence-corrected chi connectivity index (χ4v) is 6.79. The Morgan fingerprint density at radius 3 is 2.29 bits per heavy atom. The van der Waals surface area contributed by atoms with E-state index in [-0.39, 0.29) is 33.9 Å². The van der Waals surface area contributed by atoms with Crippen LogP contribution in [0.5, 0.6) is 5.75 Å². The summed E-state index contributed by atoms with van der Waals surface area (Å²) in [5, 5.41) is 4.91. The molecule has 7 rings (SSSR count).